The fourth-order valence-electron chi connectivity index (χ4n) is 2.26. The number of nitrogens with zero attached hydrogens (tertiary/aromatic N) is 1. The number of hydrogen-bond donors (Lipinski definition) is 1. The van der Waals surface area contributed by atoms with Crippen LogP contribution in [0.2, 0.25) is 0 Å². The Labute approximate surface area is 119 Å². The van der Waals surface area contributed by atoms with Crippen molar-refractivity contribution in [1.82, 2.24) is 4.90 Å². The Morgan fingerprint density at radius 2 is 2.30 bits per heavy atom. The van der Waals surface area contributed by atoms with Crippen LogP contribution in [0.3, 0.4) is 0 Å². The molecule has 1 N–H and O–H groups in total. The van der Waals surface area contributed by atoms with Gasteiger partial charge in [-0.25, -0.2) is 0 Å². The summed E-state index contributed by atoms with van der Waals surface area (Å²) in [6.45, 7) is 5.05. The highest BCUT2D eigenvalue weighted by molar-refractivity contribution is 5.96. The molecule has 5 nitrogen and oxygen atoms in total. The van der Waals surface area contributed by atoms with Gasteiger partial charge in [0.05, 0.1) is 24.9 Å². The molecular formula is C15H21NO4. The lowest BCUT2D eigenvalue weighted by Gasteiger charge is -2.31. The third-order valence-electron chi connectivity index (χ3n) is 3.36. The standard InChI is InChI=1S/C15H21NO4/c1-12(18)14-4-2-3-5-15(14)20-9-7-16-6-8-19-13(10-16)11-17/h2-5,13,17H,6-11H2,1H3. The first-order valence-electron chi connectivity index (χ1n) is 6.88. The van der Waals surface area contributed by atoms with Gasteiger partial charge in [-0.05, 0) is 19.1 Å². The summed E-state index contributed by atoms with van der Waals surface area (Å²) < 4.78 is 11.1. The number of hydrogen-bond acceptors (Lipinski definition) is 5. The molecule has 1 aromatic carbocycles. The van der Waals surface area contributed by atoms with E-state index in [1.165, 1.54) is 6.92 Å². The van der Waals surface area contributed by atoms with Crippen LogP contribution >= 0.6 is 0 Å². The van der Waals surface area contributed by atoms with E-state index in [9.17, 15) is 4.79 Å². The lowest BCUT2D eigenvalue weighted by molar-refractivity contribution is -0.0547. The molecule has 1 heterocycles. The van der Waals surface area contributed by atoms with Gasteiger partial charge in [-0.1, -0.05) is 12.1 Å². The maximum absolute atomic E-state index is 11.5. The molecule has 1 aliphatic heterocycles. The summed E-state index contributed by atoms with van der Waals surface area (Å²) in [5.41, 5.74) is 0.614. The maximum atomic E-state index is 11.5. The van der Waals surface area contributed by atoms with Crippen LogP contribution in [-0.2, 0) is 4.74 Å². The topological polar surface area (TPSA) is 59.0 Å². The van der Waals surface area contributed by atoms with Crippen LogP contribution in [0.1, 0.15) is 17.3 Å². The summed E-state index contributed by atoms with van der Waals surface area (Å²) in [5, 5.41) is 9.09. The van der Waals surface area contributed by atoms with Crippen LogP contribution in [0, 0.1) is 0 Å². The van der Waals surface area contributed by atoms with Crippen LogP contribution in [0.15, 0.2) is 24.3 Å². The van der Waals surface area contributed by atoms with Gasteiger partial charge in [-0.2, -0.15) is 0 Å². The van der Waals surface area contributed by atoms with E-state index >= 15 is 0 Å². The number of rotatable bonds is 6. The van der Waals surface area contributed by atoms with E-state index in [0.717, 1.165) is 13.1 Å². The normalized spacial score (nSPS) is 19.8. The molecule has 1 aromatic rings. The largest absolute Gasteiger partial charge is 0.491 e. The highest BCUT2D eigenvalue weighted by atomic mass is 16.5. The Bertz CT molecular complexity index is 449. The van der Waals surface area contributed by atoms with E-state index in [0.29, 0.717) is 31.1 Å². The van der Waals surface area contributed by atoms with Gasteiger partial charge in [0, 0.05) is 19.6 Å². The molecule has 110 valence electrons. The summed E-state index contributed by atoms with van der Waals surface area (Å²) in [7, 11) is 0. The van der Waals surface area contributed by atoms with Gasteiger partial charge < -0.3 is 14.6 Å². The van der Waals surface area contributed by atoms with Crippen LogP contribution < -0.4 is 4.74 Å². The van der Waals surface area contributed by atoms with Crippen molar-refractivity contribution in [3.05, 3.63) is 29.8 Å². The number of ether oxygens (including phenoxy) is 2. The zero-order valence-corrected chi connectivity index (χ0v) is 11.7. The zero-order valence-electron chi connectivity index (χ0n) is 11.7. The molecule has 0 radical (unpaired) electrons. The minimum Gasteiger partial charge on any atom is -0.491 e. The predicted molar refractivity (Wildman–Crippen MR) is 75.2 cm³/mol. The van der Waals surface area contributed by atoms with E-state index < -0.39 is 0 Å². The van der Waals surface area contributed by atoms with Crippen LogP contribution in [0.4, 0.5) is 0 Å². The molecule has 1 aliphatic rings. The lowest BCUT2D eigenvalue weighted by Crippen LogP contribution is -2.45. The number of benzene rings is 1. The molecule has 20 heavy (non-hydrogen) atoms. The number of carbonyl (C=O) groups excluding carboxylic acids is 1. The average Bonchev–Trinajstić information content (AvgIpc) is 2.48. The molecule has 5 heteroatoms. The lowest BCUT2D eigenvalue weighted by atomic mass is 10.1. The zero-order chi connectivity index (χ0) is 14.4. The molecule has 0 saturated carbocycles. The van der Waals surface area contributed by atoms with Crippen molar-refractivity contribution in [1.29, 1.82) is 0 Å². The van der Waals surface area contributed by atoms with Crippen LogP contribution in [0.25, 0.3) is 0 Å². The molecule has 1 atom stereocenters. The van der Waals surface area contributed by atoms with Crippen molar-refractivity contribution in [2.75, 3.05) is 39.5 Å². The number of aliphatic hydroxyl groups is 1. The van der Waals surface area contributed by atoms with E-state index in [1.54, 1.807) is 6.07 Å². The van der Waals surface area contributed by atoms with Crippen molar-refractivity contribution in [3.63, 3.8) is 0 Å². The summed E-state index contributed by atoms with van der Waals surface area (Å²) in [6, 6.07) is 7.27. The Morgan fingerprint density at radius 3 is 3.05 bits per heavy atom. The molecule has 0 spiro atoms. The first-order valence-corrected chi connectivity index (χ1v) is 6.88. The van der Waals surface area contributed by atoms with Gasteiger partial charge in [0.2, 0.25) is 0 Å². The molecule has 1 saturated heterocycles. The molecule has 0 amide bonds. The second-order valence-electron chi connectivity index (χ2n) is 4.88. The number of para-hydroxylation sites is 1. The second kappa shape index (κ2) is 7.38. The van der Waals surface area contributed by atoms with Crippen LogP contribution in [0.5, 0.6) is 5.75 Å². The number of carbonyl (C=O) groups is 1. The molecule has 0 aromatic heterocycles. The van der Waals surface area contributed by atoms with Gasteiger partial charge in [-0.15, -0.1) is 0 Å². The minimum atomic E-state index is -0.103. The molecule has 2 rings (SSSR count). The van der Waals surface area contributed by atoms with Gasteiger partial charge in [0.25, 0.3) is 0 Å². The van der Waals surface area contributed by atoms with Crippen molar-refractivity contribution in [2.45, 2.75) is 13.0 Å². The molecule has 1 fully saturated rings. The number of morpholine rings is 1. The number of aliphatic hydroxyl groups excluding tert-OH is 1. The summed E-state index contributed by atoms with van der Waals surface area (Å²) >= 11 is 0. The highest BCUT2D eigenvalue weighted by Crippen LogP contribution is 2.18. The Kier molecular flexibility index (Phi) is 5.52. The van der Waals surface area contributed by atoms with Gasteiger partial charge in [0.15, 0.2) is 5.78 Å². The predicted octanol–water partition coefficient (Wildman–Crippen LogP) is 0.961. The van der Waals surface area contributed by atoms with Crippen molar-refractivity contribution in [2.24, 2.45) is 0 Å². The molecular weight excluding hydrogens is 258 g/mol. The van der Waals surface area contributed by atoms with Gasteiger partial charge in [-0.3, -0.25) is 9.69 Å². The number of ketones is 1. The minimum absolute atomic E-state index is 0.00678. The van der Waals surface area contributed by atoms with Crippen molar-refractivity contribution >= 4 is 5.78 Å². The van der Waals surface area contributed by atoms with E-state index in [-0.39, 0.29) is 18.5 Å². The summed E-state index contributed by atoms with van der Waals surface area (Å²) in [6.07, 6.45) is -0.103. The molecule has 1 unspecified atom stereocenters. The van der Waals surface area contributed by atoms with Crippen molar-refractivity contribution in [3.8, 4) is 5.75 Å². The fraction of sp³-hybridized carbons (Fsp3) is 0.533. The Hall–Kier alpha value is -1.43. The van der Waals surface area contributed by atoms with E-state index in [4.69, 9.17) is 14.6 Å². The molecule has 0 bridgehead atoms. The van der Waals surface area contributed by atoms with E-state index in [2.05, 4.69) is 4.90 Å². The fourth-order valence-corrected chi connectivity index (χ4v) is 2.26. The maximum Gasteiger partial charge on any atom is 0.163 e. The molecule has 0 aliphatic carbocycles. The highest BCUT2D eigenvalue weighted by Gasteiger charge is 2.19. The second-order valence-corrected chi connectivity index (χ2v) is 4.88. The Morgan fingerprint density at radius 1 is 1.50 bits per heavy atom. The average molecular weight is 279 g/mol. The van der Waals surface area contributed by atoms with Crippen molar-refractivity contribution < 1.29 is 19.4 Å². The van der Waals surface area contributed by atoms with E-state index in [1.807, 2.05) is 18.2 Å². The monoisotopic (exact) mass is 279 g/mol. The van der Waals surface area contributed by atoms with Gasteiger partial charge >= 0.3 is 0 Å². The van der Waals surface area contributed by atoms with Crippen LogP contribution in [-0.4, -0.2) is 61.3 Å². The third-order valence-corrected chi connectivity index (χ3v) is 3.36. The summed E-state index contributed by atoms with van der Waals surface area (Å²) in [5.74, 6) is 0.638. The third kappa shape index (κ3) is 4.03. The first kappa shape index (κ1) is 15.0. The quantitative estimate of drug-likeness (QED) is 0.786. The smallest absolute Gasteiger partial charge is 0.163 e. The van der Waals surface area contributed by atoms with Gasteiger partial charge in [0.1, 0.15) is 12.4 Å². The number of Topliss-reactive ketones (excluding diaryl/α,β-unsaturated/α-hetero) is 1. The Balaban J connectivity index is 1.82. The summed E-state index contributed by atoms with van der Waals surface area (Å²) in [4.78, 5) is 13.7. The SMILES string of the molecule is CC(=O)c1ccccc1OCCN1CCOC(CO)C1. The first-order chi connectivity index (χ1) is 9.70.